The van der Waals surface area contributed by atoms with Crippen LogP contribution in [0.3, 0.4) is 0 Å². The Morgan fingerprint density at radius 3 is 1.21 bits per heavy atom. The van der Waals surface area contributed by atoms with Crippen LogP contribution in [0.15, 0.2) is 136 Å². The maximum Gasteiger partial charge on any atom is 0.134 e. The van der Waals surface area contributed by atoms with Crippen LogP contribution >= 0.6 is 0 Å². The lowest BCUT2D eigenvalue weighted by Crippen LogP contribution is -1.79. The molecule has 0 N–H and O–H groups in total. The first kappa shape index (κ1) is 20.4. The molecule has 0 fully saturated rings. The quantitative estimate of drug-likeness (QED) is 0.253. The first-order chi connectivity index (χ1) is 16.3. The fraction of sp³-hybridized carbons (Fsp3) is 0. The van der Waals surface area contributed by atoms with Gasteiger partial charge in [-0.25, -0.2) is 0 Å². The molecule has 0 unspecified atom stereocenters. The number of furan rings is 1. The molecule has 1 aromatic heterocycles. The molecule has 3 nitrogen and oxygen atoms in total. The van der Waals surface area contributed by atoms with Gasteiger partial charge in [-0.15, -0.1) is 0 Å². The highest BCUT2D eigenvalue weighted by atomic mass is 16.3. The Morgan fingerprint density at radius 1 is 0.424 bits per heavy atom. The maximum atomic E-state index is 6.12. The summed E-state index contributed by atoms with van der Waals surface area (Å²) in [6, 6.07) is 40.2. The van der Waals surface area contributed by atoms with Crippen LogP contribution < -0.4 is 0 Å². The number of hydrogen-bond acceptors (Lipinski definition) is 3. The number of benzene rings is 4. The molecular formula is C30H22N2O. The molecule has 0 aliphatic carbocycles. The molecule has 0 saturated carbocycles. The van der Waals surface area contributed by atoms with Crippen LogP contribution in [-0.2, 0) is 0 Å². The second kappa shape index (κ2) is 9.75. The number of hydrogen-bond donors (Lipinski definition) is 0. The molecule has 3 heteroatoms. The summed E-state index contributed by atoms with van der Waals surface area (Å²) in [7, 11) is 0. The van der Waals surface area contributed by atoms with E-state index in [0.29, 0.717) is 0 Å². The predicted molar refractivity (Wildman–Crippen MR) is 137 cm³/mol. The van der Waals surface area contributed by atoms with Crippen LogP contribution in [0.25, 0.3) is 22.6 Å². The predicted octanol–water partition coefficient (Wildman–Crippen LogP) is 8.11. The SMILES string of the molecule is C(=Nc1ccc(-c2ccc(-c3ccc(N=Cc4ccccc4)cc3)o2)cc1)c1ccccc1. The average Bonchev–Trinajstić information content (AvgIpc) is 3.38. The molecule has 33 heavy (non-hydrogen) atoms. The molecule has 0 bridgehead atoms. The summed E-state index contributed by atoms with van der Waals surface area (Å²) in [6.45, 7) is 0. The van der Waals surface area contributed by atoms with Gasteiger partial charge in [0.2, 0.25) is 0 Å². The van der Waals surface area contributed by atoms with Gasteiger partial charge < -0.3 is 4.42 Å². The van der Waals surface area contributed by atoms with E-state index >= 15 is 0 Å². The average molecular weight is 427 g/mol. The molecule has 0 aliphatic rings. The van der Waals surface area contributed by atoms with E-state index < -0.39 is 0 Å². The van der Waals surface area contributed by atoms with Crippen molar-refractivity contribution in [2.75, 3.05) is 0 Å². The summed E-state index contributed by atoms with van der Waals surface area (Å²) in [6.07, 6.45) is 3.74. The summed E-state index contributed by atoms with van der Waals surface area (Å²) >= 11 is 0. The van der Waals surface area contributed by atoms with E-state index in [1.807, 2.05) is 134 Å². The summed E-state index contributed by atoms with van der Waals surface area (Å²) in [5, 5.41) is 0. The largest absolute Gasteiger partial charge is 0.456 e. The first-order valence-corrected chi connectivity index (χ1v) is 10.8. The fourth-order valence-corrected chi connectivity index (χ4v) is 3.45. The highest BCUT2D eigenvalue weighted by Crippen LogP contribution is 2.30. The zero-order valence-electron chi connectivity index (χ0n) is 18.0. The molecule has 0 saturated heterocycles. The first-order valence-electron chi connectivity index (χ1n) is 10.8. The smallest absolute Gasteiger partial charge is 0.134 e. The van der Waals surface area contributed by atoms with E-state index in [2.05, 4.69) is 9.98 Å². The standard InChI is InChI=1S/C30H22N2O/c1-3-7-23(8-4-1)21-31-27-15-11-25(12-16-27)29-19-20-30(33-29)26-13-17-28(18-14-26)32-22-24-9-5-2-6-10-24/h1-22H. The third-order valence-corrected chi connectivity index (χ3v) is 5.23. The van der Waals surface area contributed by atoms with Gasteiger partial charge in [0.1, 0.15) is 11.5 Å². The summed E-state index contributed by atoms with van der Waals surface area (Å²) in [5.74, 6) is 1.66. The van der Waals surface area contributed by atoms with Crippen molar-refractivity contribution in [2.45, 2.75) is 0 Å². The number of nitrogens with zero attached hydrogens (tertiary/aromatic N) is 2. The van der Waals surface area contributed by atoms with Crippen molar-refractivity contribution >= 4 is 23.8 Å². The van der Waals surface area contributed by atoms with Crippen LogP contribution in [0.1, 0.15) is 11.1 Å². The lowest BCUT2D eigenvalue weighted by Gasteiger charge is -2.01. The van der Waals surface area contributed by atoms with Crippen molar-refractivity contribution < 1.29 is 4.42 Å². The molecule has 5 rings (SSSR count). The van der Waals surface area contributed by atoms with Crippen LogP contribution in [0.2, 0.25) is 0 Å². The Hall–Kier alpha value is -4.50. The molecule has 0 radical (unpaired) electrons. The lowest BCUT2D eigenvalue weighted by atomic mass is 10.1. The summed E-state index contributed by atoms with van der Waals surface area (Å²) < 4.78 is 6.12. The molecular weight excluding hydrogens is 404 g/mol. The minimum absolute atomic E-state index is 0.828. The number of aliphatic imine (C=N–C) groups is 2. The minimum Gasteiger partial charge on any atom is -0.456 e. The Morgan fingerprint density at radius 2 is 0.818 bits per heavy atom. The van der Waals surface area contributed by atoms with E-state index in [-0.39, 0.29) is 0 Å². The normalized spacial score (nSPS) is 11.4. The van der Waals surface area contributed by atoms with Crippen molar-refractivity contribution in [1.29, 1.82) is 0 Å². The van der Waals surface area contributed by atoms with Crippen LogP contribution in [0, 0.1) is 0 Å². The van der Waals surface area contributed by atoms with E-state index in [1.165, 1.54) is 0 Å². The molecule has 0 spiro atoms. The van der Waals surface area contributed by atoms with Gasteiger partial charge in [-0.3, -0.25) is 9.98 Å². The monoisotopic (exact) mass is 426 g/mol. The second-order valence-corrected chi connectivity index (χ2v) is 7.60. The van der Waals surface area contributed by atoms with Crippen LogP contribution in [0.4, 0.5) is 11.4 Å². The van der Waals surface area contributed by atoms with E-state index in [9.17, 15) is 0 Å². The molecule has 1 heterocycles. The van der Waals surface area contributed by atoms with Crippen LogP contribution in [-0.4, -0.2) is 12.4 Å². The van der Waals surface area contributed by atoms with Crippen molar-refractivity contribution in [2.24, 2.45) is 9.98 Å². The molecule has 0 atom stereocenters. The van der Waals surface area contributed by atoms with E-state index in [4.69, 9.17) is 4.42 Å². The van der Waals surface area contributed by atoms with Gasteiger partial charge in [0, 0.05) is 23.6 Å². The van der Waals surface area contributed by atoms with Crippen LogP contribution in [0.5, 0.6) is 0 Å². The Labute approximate surface area is 193 Å². The van der Waals surface area contributed by atoms with Crippen molar-refractivity contribution in [3.05, 3.63) is 132 Å². The summed E-state index contributed by atoms with van der Waals surface area (Å²) in [4.78, 5) is 9.08. The van der Waals surface area contributed by atoms with Crippen molar-refractivity contribution in [3.63, 3.8) is 0 Å². The highest BCUT2D eigenvalue weighted by Gasteiger charge is 2.07. The zero-order chi connectivity index (χ0) is 22.3. The Kier molecular flexibility index (Phi) is 6.03. The molecule has 4 aromatic carbocycles. The fourth-order valence-electron chi connectivity index (χ4n) is 3.45. The third kappa shape index (κ3) is 5.23. The Bertz CT molecular complexity index is 1260. The van der Waals surface area contributed by atoms with Gasteiger partial charge in [0.25, 0.3) is 0 Å². The van der Waals surface area contributed by atoms with Gasteiger partial charge in [0.15, 0.2) is 0 Å². The second-order valence-electron chi connectivity index (χ2n) is 7.60. The zero-order valence-corrected chi connectivity index (χ0v) is 18.0. The molecule has 0 amide bonds. The van der Waals surface area contributed by atoms with Gasteiger partial charge in [-0.1, -0.05) is 60.7 Å². The van der Waals surface area contributed by atoms with Crippen molar-refractivity contribution in [3.8, 4) is 22.6 Å². The van der Waals surface area contributed by atoms with Crippen molar-refractivity contribution in [1.82, 2.24) is 0 Å². The minimum atomic E-state index is 0.828. The lowest BCUT2D eigenvalue weighted by molar-refractivity contribution is 0.597. The molecule has 158 valence electrons. The third-order valence-electron chi connectivity index (χ3n) is 5.23. The Balaban J connectivity index is 1.27. The molecule has 5 aromatic rings. The van der Waals surface area contributed by atoms with Gasteiger partial charge in [-0.05, 0) is 71.8 Å². The van der Waals surface area contributed by atoms with Gasteiger partial charge >= 0.3 is 0 Å². The van der Waals surface area contributed by atoms with E-state index in [1.54, 1.807) is 0 Å². The highest BCUT2D eigenvalue weighted by molar-refractivity contribution is 5.82. The molecule has 0 aliphatic heterocycles. The summed E-state index contributed by atoms with van der Waals surface area (Å²) in [5.41, 5.74) is 6.00. The maximum absolute atomic E-state index is 6.12. The number of rotatable bonds is 6. The van der Waals surface area contributed by atoms with E-state index in [0.717, 1.165) is 45.1 Å². The topological polar surface area (TPSA) is 37.9 Å². The van der Waals surface area contributed by atoms with Gasteiger partial charge in [-0.2, -0.15) is 0 Å². The van der Waals surface area contributed by atoms with Gasteiger partial charge in [0.05, 0.1) is 11.4 Å².